The highest BCUT2D eigenvalue weighted by Crippen LogP contribution is 2.93. The summed E-state index contributed by atoms with van der Waals surface area (Å²) >= 11 is 4.54. The van der Waals surface area contributed by atoms with Gasteiger partial charge in [0, 0.05) is 9.49 Å². The molecule has 0 amide bonds. The molecule has 2 heteroatoms. The van der Waals surface area contributed by atoms with Gasteiger partial charge in [0.1, 0.15) is 0 Å². The van der Waals surface area contributed by atoms with Crippen LogP contribution in [0.5, 0.6) is 0 Å². The second-order valence-corrected chi connectivity index (χ2v) is 12.1. The molecule has 0 bridgehead atoms. The zero-order chi connectivity index (χ0) is 14.5. The molecule has 2 aliphatic heterocycles. The van der Waals surface area contributed by atoms with E-state index in [1.165, 1.54) is 17.9 Å². The van der Waals surface area contributed by atoms with E-state index in [0.717, 1.165) is 0 Å². The van der Waals surface area contributed by atoms with Crippen LogP contribution in [0.4, 0.5) is 0 Å². The van der Waals surface area contributed by atoms with Crippen molar-refractivity contribution in [2.75, 3.05) is 11.5 Å². The molecule has 1 saturated carbocycles. The van der Waals surface area contributed by atoms with Crippen LogP contribution in [0.2, 0.25) is 0 Å². The SMILES string of the molecule is CC1(C)CSCC(C)(C)C12SC21C(C)(C)CC1(C)C. The van der Waals surface area contributed by atoms with Crippen LogP contribution in [-0.2, 0) is 0 Å². The summed E-state index contributed by atoms with van der Waals surface area (Å²) in [5, 5.41) is 0. The molecule has 0 aromatic rings. The average Bonchev–Trinajstić information content (AvgIpc) is 2.87. The van der Waals surface area contributed by atoms with Crippen molar-refractivity contribution in [3.8, 4) is 0 Å². The minimum Gasteiger partial charge on any atom is -0.161 e. The van der Waals surface area contributed by atoms with Crippen molar-refractivity contribution in [3.63, 3.8) is 0 Å². The molecular formula is C17H30S2. The minimum atomic E-state index is 0.443. The number of fused-ring (bicyclic) bond motifs is 1. The van der Waals surface area contributed by atoms with Gasteiger partial charge in [-0.05, 0) is 39.6 Å². The first-order chi connectivity index (χ1) is 8.37. The number of hydrogen-bond donors (Lipinski definition) is 0. The number of rotatable bonds is 0. The fraction of sp³-hybridized carbons (Fsp3) is 1.00. The molecule has 0 N–H and O–H groups in total. The largest absolute Gasteiger partial charge is 0.161 e. The Morgan fingerprint density at radius 1 is 0.579 bits per heavy atom. The molecular weight excluding hydrogens is 268 g/mol. The van der Waals surface area contributed by atoms with Gasteiger partial charge in [0.05, 0.1) is 0 Å². The van der Waals surface area contributed by atoms with E-state index in [9.17, 15) is 0 Å². The predicted octanol–water partition coefficient (Wildman–Crippen LogP) is 5.47. The lowest BCUT2D eigenvalue weighted by Crippen LogP contribution is -2.69. The van der Waals surface area contributed by atoms with E-state index >= 15 is 0 Å². The second kappa shape index (κ2) is 3.37. The van der Waals surface area contributed by atoms with Gasteiger partial charge in [0.25, 0.3) is 0 Å². The molecule has 1 aliphatic carbocycles. The summed E-state index contributed by atoms with van der Waals surface area (Å²) in [6.45, 7) is 20.2. The molecule has 2 heterocycles. The Morgan fingerprint density at radius 2 is 0.947 bits per heavy atom. The van der Waals surface area contributed by atoms with Gasteiger partial charge in [-0.1, -0.05) is 55.4 Å². The molecule has 2 saturated heterocycles. The predicted molar refractivity (Wildman–Crippen MR) is 90.1 cm³/mol. The Morgan fingerprint density at radius 3 is 1.26 bits per heavy atom. The van der Waals surface area contributed by atoms with E-state index in [1.807, 2.05) is 0 Å². The first-order valence-electron chi connectivity index (χ1n) is 7.65. The van der Waals surface area contributed by atoms with Crippen molar-refractivity contribution >= 4 is 23.5 Å². The Balaban J connectivity index is 2.15. The molecule has 2 spiro atoms. The molecule has 3 rings (SSSR count). The highest BCUT2D eigenvalue weighted by Gasteiger charge is 2.91. The summed E-state index contributed by atoms with van der Waals surface area (Å²) in [6, 6.07) is 0. The average molecular weight is 299 g/mol. The smallest absolute Gasteiger partial charge is 0.0441 e. The molecule has 0 unspecified atom stereocenters. The molecule has 0 aromatic carbocycles. The Labute approximate surface area is 128 Å². The minimum absolute atomic E-state index is 0.443. The van der Waals surface area contributed by atoms with Crippen LogP contribution in [0, 0.1) is 21.7 Å². The summed E-state index contributed by atoms with van der Waals surface area (Å²) in [5.41, 5.74) is 1.88. The normalized spacial score (nSPS) is 37.9. The number of thioether (sulfide) groups is 2. The van der Waals surface area contributed by atoms with E-state index < -0.39 is 0 Å². The summed E-state index contributed by atoms with van der Waals surface area (Å²) in [7, 11) is 0. The molecule has 19 heavy (non-hydrogen) atoms. The van der Waals surface area contributed by atoms with E-state index in [4.69, 9.17) is 0 Å². The highest BCUT2D eigenvalue weighted by atomic mass is 32.2. The maximum atomic E-state index is 2.53. The summed E-state index contributed by atoms with van der Waals surface area (Å²) in [6.07, 6.45) is 1.38. The van der Waals surface area contributed by atoms with Crippen LogP contribution >= 0.6 is 23.5 Å². The maximum Gasteiger partial charge on any atom is 0.0441 e. The summed E-state index contributed by atoms with van der Waals surface area (Å²) in [5.74, 6) is 2.66. The molecule has 3 aliphatic rings. The van der Waals surface area contributed by atoms with Crippen LogP contribution in [-0.4, -0.2) is 21.0 Å². The van der Waals surface area contributed by atoms with Gasteiger partial charge in [0.15, 0.2) is 0 Å². The third kappa shape index (κ3) is 1.29. The molecule has 3 fully saturated rings. The van der Waals surface area contributed by atoms with E-state index in [-0.39, 0.29) is 0 Å². The van der Waals surface area contributed by atoms with E-state index in [2.05, 4.69) is 78.9 Å². The number of hydrogen-bond acceptors (Lipinski definition) is 2. The Hall–Kier alpha value is 0.700. The lowest BCUT2D eigenvalue weighted by Gasteiger charge is -2.65. The second-order valence-electron chi connectivity index (χ2n) is 9.67. The first-order valence-corrected chi connectivity index (χ1v) is 9.62. The van der Waals surface area contributed by atoms with E-state index in [0.29, 0.717) is 31.2 Å². The molecule has 110 valence electrons. The first kappa shape index (κ1) is 14.6. The Bertz CT molecular complexity index is 399. The zero-order valence-electron chi connectivity index (χ0n) is 13.9. The lowest BCUT2D eigenvalue weighted by molar-refractivity contribution is -0.0825. The van der Waals surface area contributed by atoms with Crippen molar-refractivity contribution < 1.29 is 0 Å². The van der Waals surface area contributed by atoms with E-state index in [1.54, 1.807) is 0 Å². The zero-order valence-corrected chi connectivity index (χ0v) is 15.6. The lowest BCUT2D eigenvalue weighted by atomic mass is 9.39. The summed E-state index contributed by atoms with van der Waals surface area (Å²) < 4.78 is 0.977. The van der Waals surface area contributed by atoms with Crippen molar-refractivity contribution in [1.82, 2.24) is 0 Å². The van der Waals surface area contributed by atoms with Crippen molar-refractivity contribution in [2.45, 2.75) is 71.3 Å². The van der Waals surface area contributed by atoms with Gasteiger partial charge in [-0.25, -0.2) is 0 Å². The maximum absolute atomic E-state index is 2.53. The fourth-order valence-electron chi connectivity index (χ4n) is 6.51. The van der Waals surface area contributed by atoms with Crippen LogP contribution in [0.25, 0.3) is 0 Å². The van der Waals surface area contributed by atoms with Crippen molar-refractivity contribution in [2.24, 2.45) is 21.7 Å². The highest BCUT2D eigenvalue weighted by molar-refractivity contribution is 8.10. The summed E-state index contributed by atoms with van der Waals surface area (Å²) in [4.78, 5) is 0. The van der Waals surface area contributed by atoms with Gasteiger partial charge in [-0.3, -0.25) is 0 Å². The third-order valence-electron chi connectivity index (χ3n) is 6.38. The Kier molecular flexibility index (Phi) is 2.59. The van der Waals surface area contributed by atoms with Crippen molar-refractivity contribution in [1.29, 1.82) is 0 Å². The standard InChI is InChI=1S/C17H30S2/c1-12(2)9-13(3,4)16(12)17(19-16)14(5,6)10-18-11-15(17,7)8/h9-11H2,1-8H3. The fourth-order valence-corrected chi connectivity index (χ4v) is 11.2. The van der Waals surface area contributed by atoms with Crippen LogP contribution in [0.15, 0.2) is 0 Å². The molecule has 0 aromatic heterocycles. The van der Waals surface area contributed by atoms with Gasteiger partial charge in [-0.15, -0.1) is 11.8 Å². The quantitative estimate of drug-likeness (QED) is 0.544. The molecule has 0 atom stereocenters. The third-order valence-corrected chi connectivity index (χ3v) is 11.5. The monoisotopic (exact) mass is 298 g/mol. The topological polar surface area (TPSA) is 0 Å². The molecule has 0 nitrogen and oxygen atoms in total. The van der Waals surface area contributed by atoms with Crippen LogP contribution in [0.3, 0.4) is 0 Å². The van der Waals surface area contributed by atoms with Gasteiger partial charge < -0.3 is 0 Å². The molecule has 0 radical (unpaired) electrons. The van der Waals surface area contributed by atoms with Gasteiger partial charge >= 0.3 is 0 Å². The van der Waals surface area contributed by atoms with Gasteiger partial charge in [0.2, 0.25) is 0 Å². The van der Waals surface area contributed by atoms with Crippen LogP contribution in [0.1, 0.15) is 61.8 Å². The van der Waals surface area contributed by atoms with Gasteiger partial charge in [-0.2, -0.15) is 11.8 Å². The van der Waals surface area contributed by atoms with Crippen molar-refractivity contribution in [3.05, 3.63) is 0 Å². The van der Waals surface area contributed by atoms with Crippen LogP contribution < -0.4 is 0 Å².